The second-order valence-electron chi connectivity index (χ2n) is 6.87. The van der Waals surface area contributed by atoms with Gasteiger partial charge in [-0.1, -0.05) is 36.3 Å². The van der Waals surface area contributed by atoms with Gasteiger partial charge in [0.1, 0.15) is 5.82 Å². The van der Waals surface area contributed by atoms with Crippen LogP contribution >= 0.6 is 0 Å². The maximum atomic E-state index is 11.9. The number of terminal acetylenes is 1. The SMILES string of the molecule is C#CCNC(=O)c1ccc(N2CCC(C)N(Cc3ccccc3)CC2)nc1. The van der Waals surface area contributed by atoms with Crippen LogP contribution in [0.2, 0.25) is 0 Å². The molecule has 1 unspecified atom stereocenters. The number of hydrogen-bond donors (Lipinski definition) is 1. The summed E-state index contributed by atoms with van der Waals surface area (Å²) in [7, 11) is 0. The molecule has 0 radical (unpaired) electrons. The number of carbonyl (C=O) groups is 1. The van der Waals surface area contributed by atoms with Crippen LogP contribution in [0.5, 0.6) is 0 Å². The second-order valence-corrected chi connectivity index (χ2v) is 6.87. The average Bonchev–Trinajstić information content (AvgIpc) is 2.89. The normalized spacial score (nSPS) is 17.8. The summed E-state index contributed by atoms with van der Waals surface area (Å²) in [4.78, 5) is 21.3. The molecule has 1 aliphatic heterocycles. The number of anilines is 1. The smallest absolute Gasteiger partial charge is 0.253 e. The monoisotopic (exact) mass is 362 g/mol. The van der Waals surface area contributed by atoms with Gasteiger partial charge in [-0.25, -0.2) is 4.98 Å². The summed E-state index contributed by atoms with van der Waals surface area (Å²) >= 11 is 0. The van der Waals surface area contributed by atoms with E-state index in [0.29, 0.717) is 11.6 Å². The highest BCUT2D eigenvalue weighted by Gasteiger charge is 2.21. The molecule has 2 heterocycles. The topological polar surface area (TPSA) is 48.5 Å². The van der Waals surface area contributed by atoms with Crippen LogP contribution in [0.25, 0.3) is 0 Å². The van der Waals surface area contributed by atoms with Crippen LogP contribution in [0.3, 0.4) is 0 Å². The molecule has 0 saturated carbocycles. The zero-order chi connectivity index (χ0) is 19.1. The molecule has 3 rings (SSSR count). The first-order chi connectivity index (χ1) is 13.2. The Labute approximate surface area is 161 Å². The lowest BCUT2D eigenvalue weighted by Gasteiger charge is -2.26. The van der Waals surface area contributed by atoms with Crippen molar-refractivity contribution in [3.8, 4) is 12.3 Å². The summed E-state index contributed by atoms with van der Waals surface area (Å²) in [5.41, 5.74) is 1.88. The van der Waals surface area contributed by atoms with E-state index in [1.54, 1.807) is 6.20 Å². The predicted molar refractivity (Wildman–Crippen MR) is 109 cm³/mol. The van der Waals surface area contributed by atoms with Crippen molar-refractivity contribution in [1.82, 2.24) is 15.2 Å². The Balaban J connectivity index is 1.61. The van der Waals surface area contributed by atoms with Crippen LogP contribution < -0.4 is 10.2 Å². The quantitative estimate of drug-likeness (QED) is 0.831. The van der Waals surface area contributed by atoms with E-state index in [9.17, 15) is 4.79 Å². The summed E-state index contributed by atoms with van der Waals surface area (Å²) in [5.74, 6) is 3.12. The van der Waals surface area contributed by atoms with Gasteiger partial charge in [-0.2, -0.15) is 0 Å². The fourth-order valence-corrected chi connectivity index (χ4v) is 3.33. The molecule has 5 heteroatoms. The maximum Gasteiger partial charge on any atom is 0.253 e. The van der Waals surface area contributed by atoms with Gasteiger partial charge in [0.15, 0.2) is 0 Å². The van der Waals surface area contributed by atoms with Crippen LogP contribution in [0.4, 0.5) is 5.82 Å². The maximum absolute atomic E-state index is 11.9. The van der Waals surface area contributed by atoms with Gasteiger partial charge in [-0.05, 0) is 31.0 Å². The van der Waals surface area contributed by atoms with E-state index < -0.39 is 0 Å². The fourth-order valence-electron chi connectivity index (χ4n) is 3.33. The van der Waals surface area contributed by atoms with E-state index in [4.69, 9.17) is 6.42 Å². The number of amides is 1. The molecule has 5 nitrogen and oxygen atoms in total. The van der Waals surface area contributed by atoms with Gasteiger partial charge in [-0.15, -0.1) is 6.42 Å². The summed E-state index contributed by atoms with van der Waals surface area (Å²) in [6.07, 6.45) is 7.88. The third kappa shape index (κ3) is 5.08. The van der Waals surface area contributed by atoms with Crippen LogP contribution in [-0.4, -0.2) is 48.0 Å². The Bertz CT molecular complexity index is 782. The van der Waals surface area contributed by atoms with Gasteiger partial charge in [0.25, 0.3) is 5.91 Å². The zero-order valence-corrected chi connectivity index (χ0v) is 15.8. The molecule has 2 aromatic rings. The van der Waals surface area contributed by atoms with Gasteiger partial charge in [0.2, 0.25) is 0 Å². The molecule has 0 bridgehead atoms. The van der Waals surface area contributed by atoms with Gasteiger partial charge in [0, 0.05) is 38.4 Å². The van der Waals surface area contributed by atoms with Crippen molar-refractivity contribution in [3.63, 3.8) is 0 Å². The number of nitrogens with one attached hydrogen (secondary N) is 1. The highest BCUT2D eigenvalue weighted by molar-refractivity contribution is 5.94. The summed E-state index contributed by atoms with van der Waals surface area (Å²) in [5, 5.41) is 2.66. The van der Waals surface area contributed by atoms with E-state index in [2.05, 4.69) is 63.3 Å². The molecule has 140 valence electrons. The highest BCUT2D eigenvalue weighted by Crippen LogP contribution is 2.19. The fraction of sp³-hybridized carbons (Fsp3) is 0.364. The summed E-state index contributed by atoms with van der Waals surface area (Å²) in [6.45, 7) is 6.36. The molecule has 1 aromatic carbocycles. The lowest BCUT2D eigenvalue weighted by Crippen LogP contribution is -2.34. The Morgan fingerprint density at radius 2 is 2.04 bits per heavy atom. The third-order valence-electron chi connectivity index (χ3n) is 5.01. The van der Waals surface area contributed by atoms with Crippen molar-refractivity contribution in [2.75, 3.05) is 31.1 Å². The summed E-state index contributed by atoms with van der Waals surface area (Å²) in [6, 6.07) is 14.8. The number of pyridine rings is 1. The van der Waals surface area contributed by atoms with Gasteiger partial charge < -0.3 is 10.2 Å². The van der Waals surface area contributed by atoms with E-state index in [1.165, 1.54) is 5.56 Å². The first kappa shape index (κ1) is 18.9. The van der Waals surface area contributed by atoms with Gasteiger partial charge >= 0.3 is 0 Å². The van der Waals surface area contributed by atoms with E-state index in [0.717, 1.165) is 38.4 Å². The Morgan fingerprint density at radius 3 is 2.74 bits per heavy atom. The lowest BCUT2D eigenvalue weighted by molar-refractivity contribution is 0.0958. The number of hydrogen-bond acceptors (Lipinski definition) is 4. The van der Waals surface area contributed by atoms with Crippen molar-refractivity contribution in [2.24, 2.45) is 0 Å². The second kappa shape index (κ2) is 9.20. The number of rotatable bonds is 5. The van der Waals surface area contributed by atoms with Crippen molar-refractivity contribution >= 4 is 11.7 Å². The Morgan fingerprint density at radius 1 is 1.22 bits per heavy atom. The molecule has 1 saturated heterocycles. The number of carbonyl (C=O) groups excluding carboxylic acids is 1. The Kier molecular flexibility index (Phi) is 6.45. The molecule has 1 N–H and O–H groups in total. The molecule has 27 heavy (non-hydrogen) atoms. The standard InChI is InChI=1S/C22H26N4O/c1-3-12-23-22(27)20-9-10-21(24-16-20)25-13-11-18(2)26(15-14-25)17-19-7-5-4-6-8-19/h1,4-10,16,18H,11-15,17H2,2H3,(H,23,27). The summed E-state index contributed by atoms with van der Waals surface area (Å²) < 4.78 is 0. The van der Waals surface area contributed by atoms with E-state index in [1.807, 2.05) is 12.1 Å². The van der Waals surface area contributed by atoms with Crippen molar-refractivity contribution in [1.29, 1.82) is 0 Å². The minimum absolute atomic E-state index is 0.189. The molecule has 1 aliphatic rings. The number of aromatic nitrogens is 1. The van der Waals surface area contributed by atoms with Crippen molar-refractivity contribution in [2.45, 2.75) is 25.9 Å². The molecule has 0 aliphatic carbocycles. The minimum atomic E-state index is -0.189. The molecule has 0 spiro atoms. The third-order valence-corrected chi connectivity index (χ3v) is 5.01. The molecule has 1 atom stereocenters. The largest absolute Gasteiger partial charge is 0.355 e. The first-order valence-electron chi connectivity index (χ1n) is 9.38. The predicted octanol–water partition coefficient (Wildman–Crippen LogP) is 2.55. The lowest BCUT2D eigenvalue weighted by atomic mass is 10.1. The molecule has 1 fully saturated rings. The number of nitrogens with zero attached hydrogens (tertiary/aromatic N) is 3. The van der Waals surface area contributed by atoms with Crippen LogP contribution in [-0.2, 0) is 6.54 Å². The van der Waals surface area contributed by atoms with Crippen LogP contribution in [0.15, 0.2) is 48.7 Å². The van der Waals surface area contributed by atoms with Gasteiger partial charge in [0.05, 0.1) is 12.1 Å². The minimum Gasteiger partial charge on any atom is -0.355 e. The Hall–Kier alpha value is -2.84. The number of benzene rings is 1. The van der Waals surface area contributed by atoms with Crippen LogP contribution in [0.1, 0.15) is 29.3 Å². The van der Waals surface area contributed by atoms with E-state index >= 15 is 0 Å². The zero-order valence-electron chi connectivity index (χ0n) is 15.8. The van der Waals surface area contributed by atoms with Crippen LogP contribution in [0, 0.1) is 12.3 Å². The van der Waals surface area contributed by atoms with E-state index in [-0.39, 0.29) is 12.5 Å². The first-order valence-corrected chi connectivity index (χ1v) is 9.38. The molecular weight excluding hydrogens is 336 g/mol. The highest BCUT2D eigenvalue weighted by atomic mass is 16.1. The molecule has 1 amide bonds. The van der Waals surface area contributed by atoms with Crippen molar-refractivity contribution in [3.05, 3.63) is 59.8 Å². The molecule has 1 aromatic heterocycles. The average molecular weight is 362 g/mol. The molecular formula is C22H26N4O. The van der Waals surface area contributed by atoms with Crippen molar-refractivity contribution < 1.29 is 4.79 Å². The van der Waals surface area contributed by atoms with Gasteiger partial charge in [-0.3, -0.25) is 9.69 Å².